The molecule has 33 heavy (non-hydrogen) atoms. The van der Waals surface area contributed by atoms with Gasteiger partial charge in [-0.1, -0.05) is 29.8 Å². The van der Waals surface area contributed by atoms with E-state index in [0.29, 0.717) is 30.4 Å². The van der Waals surface area contributed by atoms with Crippen LogP contribution in [0.5, 0.6) is 5.75 Å². The first-order valence-electron chi connectivity index (χ1n) is 11.1. The lowest BCUT2D eigenvalue weighted by Gasteiger charge is -2.33. The van der Waals surface area contributed by atoms with Crippen LogP contribution in [0.25, 0.3) is 11.1 Å². The van der Waals surface area contributed by atoms with E-state index in [1.165, 1.54) is 0 Å². The predicted octanol–water partition coefficient (Wildman–Crippen LogP) is 3.86. The molecule has 2 saturated heterocycles. The fraction of sp³-hybridized carbons (Fsp3) is 0.400. The molecule has 0 spiro atoms. The number of nitrogens with zero attached hydrogens (tertiary/aromatic N) is 2. The van der Waals surface area contributed by atoms with Crippen LogP contribution in [0.3, 0.4) is 0 Å². The maximum Gasteiger partial charge on any atom is 0.259 e. The number of hydrogen-bond donors (Lipinski definition) is 2. The molecule has 0 saturated carbocycles. The third kappa shape index (κ3) is 4.42. The summed E-state index contributed by atoms with van der Waals surface area (Å²) >= 11 is 6.22. The average Bonchev–Trinajstić information content (AvgIpc) is 3.03. The molecular weight excluding hydrogens is 440 g/mol. The van der Waals surface area contributed by atoms with Crippen LogP contribution in [0, 0.1) is 11.3 Å². The second kappa shape index (κ2) is 9.06. The van der Waals surface area contributed by atoms with E-state index in [4.69, 9.17) is 21.7 Å². The van der Waals surface area contributed by atoms with Crippen LogP contribution in [-0.2, 0) is 15.1 Å². The van der Waals surface area contributed by atoms with Gasteiger partial charge < -0.3 is 15.0 Å². The third-order valence-corrected chi connectivity index (χ3v) is 6.96. The SMILES string of the molecule is COc1ccc(Cl)cc1-c1cccc(C2(C)NC(=N)N(CC3CCN(C(C)=O)CC3)C2=O)c1. The second-order valence-electron chi connectivity index (χ2n) is 8.89. The summed E-state index contributed by atoms with van der Waals surface area (Å²) in [4.78, 5) is 28.5. The van der Waals surface area contributed by atoms with Crippen LogP contribution in [0.4, 0.5) is 0 Å². The van der Waals surface area contributed by atoms with Gasteiger partial charge in [0.05, 0.1) is 7.11 Å². The molecule has 2 aromatic carbocycles. The highest BCUT2D eigenvalue weighted by Gasteiger charge is 2.47. The Balaban J connectivity index is 1.56. The molecule has 1 unspecified atom stereocenters. The third-order valence-electron chi connectivity index (χ3n) is 6.72. The van der Waals surface area contributed by atoms with E-state index < -0.39 is 5.54 Å². The number of halogens is 1. The van der Waals surface area contributed by atoms with Gasteiger partial charge in [0.1, 0.15) is 11.3 Å². The van der Waals surface area contributed by atoms with Gasteiger partial charge in [0.2, 0.25) is 5.91 Å². The molecule has 0 aliphatic carbocycles. The topological polar surface area (TPSA) is 85.7 Å². The maximum absolute atomic E-state index is 13.5. The van der Waals surface area contributed by atoms with E-state index in [9.17, 15) is 9.59 Å². The number of benzene rings is 2. The number of piperidine rings is 1. The molecule has 2 fully saturated rings. The monoisotopic (exact) mass is 468 g/mol. The lowest BCUT2D eigenvalue weighted by molar-refractivity contribution is -0.133. The molecule has 2 aromatic rings. The van der Waals surface area contributed by atoms with Crippen LogP contribution in [0.15, 0.2) is 42.5 Å². The normalized spacial score (nSPS) is 21.3. The minimum absolute atomic E-state index is 0.0869. The zero-order valence-electron chi connectivity index (χ0n) is 19.2. The summed E-state index contributed by atoms with van der Waals surface area (Å²) in [6, 6.07) is 13.1. The van der Waals surface area contributed by atoms with E-state index in [1.807, 2.05) is 48.2 Å². The Morgan fingerprint density at radius 1 is 1.24 bits per heavy atom. The Bertz CT molecular complexity index is 1100. The fourth-order valence-corrected chi connectivity index (χ4v) is 4.86. The molecule has 174 valence electrons. The lowest BCUT2D eigenvalue weighted by Crippen LogP contribution is -2.43. The molecule has 7 nitrogen and oxygen atoms in total. The average molecular weight is 469 g/mol. The molecule has 4 rings (SSSR count). The second-order valence-corrected chi connectivity index (χ2v) is 9.33. The summed E-state index contributed by atoms with van der Waals surface area (Å²) < 4.78 is 5.50. The molecular formula is C25H29ClN4O3. The minimum atomic E-state index is -1.04. The molecule has 0 aromatic heterocycles. The molecule has 0 radical (unpaired) electrons. The summed E-state index contributed by atoms with van der Waals surface area (Å²) in [7, 11) is 1.61. The highest BCUT2D eigenvalue weighted by atomic mass is 35.5. The van der Waals surface area contributed by atoms with Gasteiger partial charge in [0.25, 0.3) is 5.91 Å². The number of ether oxygens (including phenoxy) is 1. The molecule has 0 bridgehead atoms. The Labute approximate surface area is 199 Å². The number of guanidine groups is 1. The molecule has 2 amide bonds. The number of rotatable bonds is 5. The van der Waals surface area contributed by atoms with Crippen molar-refractivity contribution >= 4 is 29.4 Å². The summed E-state index contributed by atoms with van der Waals surface area (Å²) in [5, 5.41) is 12.2. The Hall–Kier alpha value is -3.06. The van der Waals surface area contributed by atoms with Crippen molar-refractivity contribution in [2.75, 3.05) is 26.7 Å². The fourth-order valence-electron chi connectivity index (χ4n) is 4.69. The van der Waals surface area contributed by atoms with E-state index in [0.717, 1.165) is 29.5 Å². The number of carbonyl (C=O) groups excluding carboxylic acids is 2. The van der Waals surface area contributed by atoms with Crippen molar-refractivity contribution in [1.82, 2.24) is 15.1 Å². The number of carbonyl (C=O) groups is 2. The largest absolute Gasteiger partial charge is 0.496 e. The van der Waals surface area contributed by atoms with Crippen molar-refractivity contribution in [1.29, 1.82) is 5.41 Å². The highest BCUT2D eigenvalue weighted by molar-refractivity contribution is 6.31. The van der Waals surface area contributed by atoms with Crippen molar-refractivity contribution in [2.45, 2.75) is 32.2 Å². The van der Waals surface area contributed by atoms with Crippen LogP contribution >= 0.6 is 11.6 Å². The smallest absolute Gasteiger partial charge is 0.259 e. The first kappa shape index (κ1) is 23.1. The quantitative estimate of drug-likeness (QED) is 0.697. The van der Waals surface area contributed by atoms with Crippen molar-refractivity contribution in [2.24, 2.45) is 5.92 Å². The van der Waals surface area contributed by atoms with Crippen LogP contribution in [-0.4, -0.2) is 54.3 Å². The van der Waals surface area contributed by atoms with Gasteiger partial charge in [-0.2, -0.15) is 0 Å². The highest BCUT2D eigenvalue weighted by Crippen LogP contribution is 2.36. The Morgan fingerprint density at radius 2 is 1.97 bits per heavy atom. The zero-order valence-corrected chi connectivity index (χ0v) is 19.9. The zero-order chi connectivity index (χ0) is 23.8. The van der Waals surface area contributed by atoms with E-state index in [1.54, 1.807) is 25.0 Å². The van der Waals surface area contributed by atoms with Gasteiger partial charge >= 0.3 is 0 Å². The van der Waals surface area contributed by atoms with Gasteiger partial charge in [0, 0.05) is 37.1 Å². The van der Waals surface area contributed by atoms with Gasteiger partial charge in [-0.25, -0.2) is 0 Å². The van der Waals surface area contributed by atoms with Gasteiger partial charge in [0.15, 0.2) is 5.96 Å². The Morgan fingerprint density at radius 3 is 2.64 bits per heavy atom. The van der Waals surface area contributed by atoms with Crippen LogP contribution in [0.2, 0.25) is 5.02 Å². The first-order valence-corrected chi connectivity index (χ1v) is 11.5. The minimum Gasteiger partial charge on any atom is -0.496 e. The number of methoxy groups -OCH3 is 1. The summed E-state index contributed by atoms with van der Waals surface area (Å²) in [6.07, 6.45) is 1.66. The van der Waals surface area contributed by atoms with Gasteiger partial charge in [-0.15, -0.1) is 0 Å². The van der Waals surface area contributed by atoms with Crippen LogP contribution in [0.1, 0.15) is 32.3 Å². The Kier molecular flexibility index (Phi) is 6.34. The van der Waals surface area contributed by atoms with Crippen molar-refractivity contribution in [3.63, 3.8) is 0 Å². The molecule has 2 aliphatic rings. The molecule has 8 heteroatoms. The first-order chi connectivity index (χ1) is 15.7. The van der Waals surface area contributed by atoms with Crippen molar-refractivity contribution in [3.8, 4) is 16.9 Å². The molecule has 1 atom stereocenters. The van der Waals surface area contributed by atoms with Crippen LogP contribution < -0.4 is 10.1 Å². The summed E-state index contributed by atoms with van der Waals surface area (Å²) in [5.41, 5.74) is 1.44. The van der Waals surface area contributed by atoms with Crippen molar-refractivity contribution < 1.29 is 14.3 Å². The lowest BCUT2D eigenvalue weighted by atomic mass is 9.89. The van der Waals surface area contributed by atoms with Gasteiger partial charge in [-0.05, 0) is 61.1 Å². The van der Waals surface area contributed by atoms with Crippen molar-refractivity contribution in [3.05, 3.63) is 53.1 Å². The molecule has 2 heterocycles. The standard InChI is InChI=1S/C25H29ClN4O3/c1-16(31)29-11-9-17(10-12-29)15-30-23(32)25(2,28-24(30)27)19-6-4-5-18(13-19)21-14-20(26)7-8-22(21)33-3/h4-8,13-14,17H,9-12,15H2,1-3H3,(H2,27,28). The number of likely N-dealkylation sites (tertiary alicyclic amines) is 1. The molecule has 2 N–H and O–H groups in total. The predicted molar refractivity (Wildman–Crippen MR) is 128 cm³/mol. The van der Waals surface area contributed by atoms with Gasteiger partial charge in [-0.3, -0.25) is 19.9 Å². The van der Waals surface area contributed by atoms with E-state index in [-0.39, 0.29) is 23.7 Å². The van der Waals surface area contributed by atoms with E-state index in [2.05, 4.69) is 5.32 Å². The number of hydrogen-bond acceptors (Lipinski definition) is 4. The summed E-state index contributed by atoms with van der Waals surface area (Å²) in [6.45, 7) is 5.28. The number of amides is 2. The summed E-state index contributed by atoms with van der Waals surface area (Å²) in [5.74, 6) is 1.01. The van der Waals surface area contributed by atoms with E-state index >= 15 is 0 Å². The maximum atomic E-state index is 13.5. The molecule has 2 aliphatic heterocycles. The number of nitrogens with one attached hydrogen (secondary N) is 2.